The second kappa shape index (κ2) is 6.00. The van der Waals surface area contributed by atoms with Crippen molar-refractivity contribution in [3.05, 3.63) is 29.3 Å². The van der Waals surface area contributed by atoms with E-state index in [1.54, 1.807) is 20.3 Å². The molecule has 0 radical (unpaired) electrons. The average Bonchev–Trinajstić information content (AvgIpc) is 2.89. The molecule has 1 aromatic rings. The van der Waals surface area contributed by atoms with Crippen LogP contribution in [-0.4, -0.2) is 20.3 Å². The summed E-state index contributed by atoms with van der Waals surface area (Å²) in [5.74, 6) is 0.784. The highest BCUT2D eigenvalue weighted by Gasteiger charge is 2.38. The number of ether oxygens (including phenoxy) is 2. The summed E-state index contributed by atoms with van der Waals surface area (Å²) in [6.45, 7) is 0.454. The van der Waals surface area contributed by atoms with E-state index in [1.165, 1.54) is 0 Å². The molecule has 1 saturated carbocycles. The van der Waals surface area contributed by atoms with E-state index in [0.717, 1.165) is 42.6 Å². The van der Waals surface area contributed by atoms with Gasteiger partial charge in [0, 0.05) is 12.7 Å². The van der Waals surface area contributed by atoms with Gasteiger partial charge in [0.2, 0.25) is 6.08 Å². The number of aliphatic imine (C=N–C) groups is 1. The predicted octanol–water partition coefficient (Wildman–Crippen LogP) is 2.95. The number of hydrogen-bond acceptors (Lipinski definition) is 4. The molecule has 1 aliphatic rings. The van der Waals surface area contributed by atoms with E-state index in [4.69, 9.17) is 9.47 Å². The van der Waals surface area contributed by atoms with Gasteiger partial charge in [-0.2, -0.15) is 4.99 Å². The molecule has 0 saturated heterocycles. The van der Waals surface area contributed by atoms with E-state index in [1.807, 2.05) is 18.2 Å². The summed E-state index contributed by atoms with van der Waals surface area (Å²) in [4.78, 5) is 14.9. The molecule has 0 amide bonds. The van der Waals surface area contributed by atoms with Crippen LogP contribution < -0.4 is 4.74 Å². The smallest absolute Gasteiger partial charge is 0.235 e. The second-order valence-corrected chi connectivity index (χ2v) is 4.86. The van der Waals surface area contributed by atoms with Gasteiger partial charge in [0.1, 0.15) is 5.75 Å². The first kappa shape index (κ1) is 13.8. The molecule has 1 aromatic carbocycles. The molecular formula is C15H19NO3. The first-order valence-corrected chi connectivity index (χ1v) is 6.52. The fourth-order valence-electron chi connectivity index (χ4n) is 2.97. The highest BCUT2D eigenvalue weighted by atomic mass is 16.5. The van der Waals surface area contributed by atoms with Crippen molar-refractivity contribution < 1.29 is 14.3 Å². The average molecular weight is 261 g/mol. The first-order valence-electron chi connectivity index (χ1n) is 6.52. The second-order valence-electron chi connectivity index (χ2n) is 4.86. The van der Waals surface area contributed by atoms with Crippen LogP contribution in [0.15, 0.2) is 23.2 Å². The minimum atomic E-state index is -0.440. The summed E-state index contributed by atoms with van der Waals surface area (Å²) in [6.07, 6.45) is 5.67. The van der Waals surface area contributed by atoms with Crippen LogP contribution in [0, 0.1) is 0 Å². The number of methoxy groups -OCH3 is 2. The summed E-state index contributed by atoms with van der Waals surface area (Å²) < 4.78 is 10.7. The summed E-state index contributed by atoms with van der Waals surface area (Å²) in [5.41, 5.74) is 1.58. The van der Waals surface area contributed by atoms with Gasteiger partial charge < -0.3 is 9.47 Å². The van der Waals surface area contributed by atoms with Gasteiger partial charge >= 0.3 is 0 Å². The third kappa shape index (κ3) is 2.55. The third-order valence-corrected chi connectivity index (χ3v) is 3.83. The van der Waals surface area contributed by atoms with Gasteiger partial charge in [-0.15, -0.1) is 0 Å². The third-order valence-electron chi connectivity index (χ3n) is 3.83. The Morgan fingerprint density at radius 2 is 2.05 bits per heavy atom. The zero-order valence-electron chi connectivity index (χ0n) is 11.4. The van der Waals surface area contributed by atoms with Gasteiger partial charge in [-0.25, -0.2) is 4.79 Å². The molecule has 0 N–H and O–H groups in total. The Kier molecular flexibility index (Phi) is 4.35. The largest absolute Gasteiger partial charge is 0.496 e. The van der Waals surface area contributed by atoms with E-state index in [-0.39, 0.29) is 0 Å². The van der Waals surface area contributed by atoms with Gasteiger partial charge in [-0.05, 0) is 24.5 Å². The topological polar surface area (TPSA) is 47.9 Å². The maximum atomic E-state index is 10.8. The van der Waals surface area contributed by atoms with Crippen molar-refractivity contribution in [3.63, 3.8) is 0 Å². The van der Waals surface area contributed by atoms with Crippen LogP contribution in [0.2, 0.25) is 0 Å². The number of benzene rings is 1. The molecule has 4 heteroatoms. The van der Waals surface area contributed by atoms with E-state index < -0.39 is 5.54 Å². The highest BCUT2D eigenvalue weighted by molar-refractivity contribution is 5.47. The molecule has 19 heavy (non-hydrogen) atoms. The molecular weight excluding hydrogens is 242 g/mol. The molecule has 102 valence electrons. The molecule has 4 nitrogen and oxygen atoms in total. The van der Waals surface area contributed by atoms with Crippen molar-refractivity contribution in [3.8, 4) is 5.75 Å². The molecule has 1 aliphatic carbocycles. The fraction of sp³-hybridized carbons (Fsp3) is 0.533. The Bertz CT molecular complexity index is 486. The molecule has 0 aliphatic heterocycles. The van der Waals surface area contributed by atoms with Crippen molar-refractivity contribution in [1.29, 1.82) is 0 Å². The van der Waals surface area contributed by atoms with Gasteiger partial charge in [-0.3, -0.25) is 0 Å². The van der Waals surface area contributed by atoms with Crippen LogP contribution in [0.5, 0.6) is 5.75 Å². The minimum Gasteiger partial charge on any atom is -0.496 e. The Labute approximate surface area is 113 Å². The lowest BCUT2D eigenvalue weighted by Crippen LogP contribution is -2.21. The van der Waals surface area contributed by atoms with Crippen LogP contribution in [0.3, 0.4) is 0 Å². The SMILES string of the molecule is COCc1c(OC)cccc1C1(N=C=O)CCCC1. The standard InChI is InChI=1S/C15H19NO3/c1-18-10-12-13(6-5-7-14(12)19-2)15(16-11-17)8-3-4-9-15/h5-7H,3-4,8-10H2,1-2H3. The molecule has 0 heterocycles. The summed E-state index contributed by atoms with van der Waals surface area (Å²) >= 11 is 0. The number of hydrogen-bond donors (Lipinski definition) is 0. The van der Waals surface area contributed by atoms with Crippen LogP contribution >= 0.6 is 0 Å². The zero-order chi connectivity index (χ0) is 13.7. The van der Waals surface area contributed by atoms with Gasteiger partial charge in [0.25, 0.3) is 0 Å². The van der Waals surface area contributed by atoms with E-state index in [0.29, 0.717) is 6.61 Å². The lowest BCUT2D eigenvalue weighted by molar-refractivity contribution is 0.179. The Morgan fingerprint density at radius 3 is 2.63 bits per heavy atom. The Balaban J connectivity index is 2.56. The predicted molar refractivity (Wildman–Crippen MR) is 72.0 cm³/mol. The molecule has 1 fully saturated rings. The summed E-state index contributed by atoms with van der Waals surface area (Å²) in [6, 6.07) is 5.86. The first-order chi connectivity index (χ1) is 9.27. The Hall–Kier alpha value is -1.64. The summed E-state index contributed by atoms with van der Waals surface area (Å²) in [5, 5.41) is 0. The molecule has 0 atom stereocenters. The lowest BCUT2D eigenvalue weighted by Gasteiger charge is -2.26. The highest BCUT2D eigenvalue weighted by Crippen LogP contribution is 2.45. The lowest BCUT2D eigenvalue weighted by atomic mass is 9.85. The number of rotatable bonds is 5. The summed E-state index contributed by atoms with van der Waals surface area (Å²) in [7, 11) is 3.29. The van der Waals surface area contributed by atoms with Crippen molar-refractivity contribution in [2.45, 2.75) is 37.8 Å². The van der Waals surface area contributed by atoms with Gasteiger partial charge in [-0.1, -0.05) is 25.0 Å². The number of carbonyl (C=O) groups excluding carboxylic acids is 1. The van der Waals surface area contributed by atoms with Crippen molar-refractivity contribution in [1.82, 2.24) is 0 Å². The molecule has 0 unspecified atom stereocenters. The molecule has 2 rings (SSSR count). The minimum absolute atomic E-state index is 0.440. The van der Waals surface area contributed by atoms with Crippen LogP contribution in [-0.2, 0) is 21.7 Å². The fourth-order valence-corrected chi connectivity index (χ4v) is 2.97. The maximum absolute atomic E-state index is 10.8. The van der Waals surface area contributed by atoms with Crippen LogP contribution in [0.25, 0.3) is 0 Å². The maximum Gasteiger partial charge on any atom is 0.235 e. The monoisotopic (exact) mass is 261 g/mol. The van der Waals surface area contributed by atoms with Crippen molar-refractivity contribution in [2.75, 3.05) is 14.2 Å². The van der Waals surface area contributed by atoms with E-state index in [2.05, 4.69) is 4.99 Å². The number of isocyanates is 1. The normalized spacial score (nSPS) is 16.9. The quantitative estimate of drug-likeness (QED) is 0.604. The molecule has 0 spiro atoms. The zero-order valence-corrected chi connectivity index (χ0v) is 11.4. The van der Waals surface area contributed by atoms with Gasteiger partial charge in [0.15, 0.2) is 0 Å². The molecule has 0 bridgehead atoms. The van der Waals surface area contributed by atoms with Crippen LogP contribution in [0.1, 0.15) is 36.8 Å². The number of nitrogens with zero attached hydrogens (tertiary/aromatic N) is 1. The van der Waals surface area contributed by atoms with Gasteiger partial charge in [0.05, 0.1) is 19.3 Å². The van der Waals surface area contributed by atoms with E-state index >= 15 is 0 Å². The van der Waals surface area contributed by atoms with Crippen LogP contribution in [0.4, 0.5) is 0 Å². The van der Waals surface area contributed by atoms with Crippen molar-refractivity contribution in [2.24, 2.45) is 4.99 Å². The Morgan fingerprint density at radius 1 is 1.32 bits per heavy atom. The van der Waals surface area contributed by atoms with Crippen molar-refractivity contribution >= 4 is 6.08 Å². The molecule has 0 aromatic heterocycles. The van der Waals surface area contributed by atoms with E-state index in [9.17, 15) is 4.79 Å².